The highest BCUT2D eigenvalue weighted by Gasteiger charge is 2.53. The van der Waals surface area contributed by atoms with Crippen molar-refractivity contribution in [2.24, 2.45) is 5.92 Å². The molecule has 0 saturated carbocycles. The van der Waals surface area contributed by atoms with Gasteiger partial charge in [0.15, 0.2) is 0 Å². The molecule has 1 aromatic carbocycles. The van der Waals surface area contributed by atoms with Gasteiger partial charge in [0.25, 0.3) is 0 Å². The molecule has 11 heteroatoms. The van der Waals surface area contributed by atoms with Crippen molar-refractivity contribution >= 4 is 22.0 Å². The van der Waals surface area contributed by atoms with Gasteiger partial charge in [0.05, 0.1) is 12.8 Å². The summed E-state index contributed by atoms with van der Waals surface area (Å²) in [6.45, 7) is 10.4. The van der Waals surface area contributed by atoms with Gasteiger partial charge in [0.2, 0.25) is 0 Å². The Balaban J connectivity index is 2.08. The predicted molar refractivity (Wildman–Crippen MR) is 123 cm³/mol. The number of carbonyl (C=O) groups excluding carboxylic acids is 1. The molecule has 3 atom stereocenters. The van der Waals surface area contributed by atoms with Crippen molar-refractivity contribution in [1.82, 2.24) is 0 Å². The van der Waals surface area contributed by atoms with Crippen molar-refractivity contribution in [2.75, 3.05) is 0 Å². The third-order valence-corrected chi connectivity index (χ3v) is 9.05. The maximum atomic E-state index is 12.4. The molecule has 0 aliphatic carbocycles. The van der Waals surface area contributed by atoms with Gasteiger partial charge in [-0.05, 0) is 84.3 Å². The second-order valence-corrected chi connectivity index (χ2v) is 12.3. The lowest BCUT2D eigenvalue weighted by Crippen LogP contribution is -2.36. The Labute approximate surface area is 196 Å². The first-order valence-corrected chi connectivity index (χ1v) is 13.6. The van der Waals surface area contributed by atoms with E-state index in [9.17, 15) is 13.9 Å². The molecule has 0 saturated heterocycles. The van der Waals surface area contributed by atoms with Crippen molar-refractivity contribution < 1.29 is 43.3 Å². The standard InChI is InChI=1S/C22H32O9P2/c1-14(2)7-6-11-22(5)12-10-17-13-18(15(3)16(4)21(17)29-22)28-19(23)8-9-20(32(26)30-24)33(27)31-25/h13-14,20H,6-12H2,1-5H3/p+2. The van der Waals surface area contributed by atoms with E-state index in [4.69, 9.17) is 20.0 Å². The van der Waals surface area contributed by atoms with E-state index in [1.807, 2.05) is 19.9 Å². The number of benzene rings is 1. The zero-order valence-electron chi connectivity index (χ0n) is 19.8. The van der Waals surface area contributed by atoms with Gasteiger partial charge in [0, 0.05) is 9.35 Å². The molecule has 0 amide bonds. The fraction of sp³-hybridized carbons (Fsp3) is 0.682. The molecule has 0 aromatic heterocycles. The minimum atomic E-state index is -2.80. The normalized spacial score (nSPS) is 19.5. The van der Waals surface area contributed by atoms with Crippen molar-refractivity contribution in [3.05, 3.63) is 22.8 Å². The zero-order chi connectivity index (χ0) is 24.8. The first-order valence-electron chi connectivity index (χ1n) is 11.1. The van der Waals surface area contributed by atoms with E-state index < -0.39 is 27.4 Å². The van der Waals surface area contributed by atoms with Gasteiger partial charge in [-0.2, -0.15) is 0 Å². The van der Waals surface area contributed by atoms with Crippen LogP contribution in [0.2, 0.25) is 0 Å². The Morgan fingerprint density at radius 2 is 1.79 bits per heavy atom. The zero-order valence-corrected chi connectivity index (χ0v) is 21.6. The van der Waals surface area contributed by atoms with Crippen LogP contribution < -0.4 is 9.47 Å². The molecular formula is C22H34O9P2+2. The Morgan fingerprint density at radius 1 is 1.15 bits per heavy atom. The van der Waals surface area contributed by atoms with Gasteiger partial charge >= 0.3 is 27.4 Å². The number of hydrogen-bond acceptors (Lipinski definition) is 9. The van der Waals surface area contributed by atoms with Crippen molar-refractivity contribution in [3.63, 3.8) is 0 Å². The maximum absolute atomic E-state index is 12.4. The van der Waals surface area contributed by atoms with Crippen LogP contribution in [0.5, 0.6) is 11.5 Å². The number of rotatable bonds is 12. The number of esters is 1. The van der Waals surface area contributed by atoms with Crippen LogP contribution in [0, 0.1) is 19.8 Å². The summed E-state index contributed by atoms with van der Waals surface area (Å²) >= 11 is 0. The Hall–Kier alpha value is -1.47. The number of ether oxygens (including phenoxy) is 2. The predicted octanol–water partition coefficient (Wildman–Crippen LogP) is 6.69. The minimum Gasteiger partial charge on any atom is -0.487 e. The summed E-state index contributed by atoms with van der Waals surface area (Å²) in [6, 6.07) is 1.81. The number of hydrogen-bond donors (Lipinski definition) is 2. The highest BCUT2D eigenvalue weighted by Crippen LogP contribution is 2.48. The maximum Gasteiger partial charge on any atom is 0.598 e. The van der Waals surface area contributed by atoms with Crippen LogP contribution in [0.15, 0.2) is 6.07 Å². The van der Waals surface area contributed by atoms with E-state index in [-0.39, 0.29) is 18.4 Å². The Kier molecular flexibility index (Phi) is 10.3. The van der Waals surface area contributed by atoms with Crippen LogP contribution in [0.1, 0.15) is 76.0 Å². The molecule has 9 nitrogen and oxygen atoms in total. The quantitative estimate of drug-likeness (QED) is 0.105. The number of aryl methyl sites for hydroxylation is 1. The molecule has 33 heavy (non-hydrogen) atoms. The molecule has 1 aliphatic rings. The van der Waals surface area contributed by atoms with E-state index in [2.05, 4.69) is 30.1 Å². The molecule has 0 bridgehead atoms. The second kappa shape index (κ2) is 12.3. The fourth-order valence-electron chi connectivity index (χ4n) is 3.94. The van der Waals surface area contributed by atoms with E-state index in [0.717, 1.165) is 54.5 Å². The van der Waals surface area contributed by atoms with Gasteiger partial charge < -0.3 is 9.47 Å². The van der Waals surface area contributed by atoms with Gasteiger partial charge in [-0.1, -0.05) is 20.3 Å². The van der Waals surface area contributed by atoms with Crippen molar-refractivity contribution in [2.45, 2.75) is 90.6 Å². The number of fused-ring (bicyclic) bond motifs is 1. The summed E-state index contributed by atoms with van der Waals surface area (Å²) in [4.78, 5) is 12.4. The Morgan fingerprint density at radius 3 is 2.36 bits per heavy atom. The average molecular weight is 504 g/mol. The monoisotopic (exact) mass is 504 g/mol. The van der Waals surface area contributed by atoms with E-state index in [1.165, 1.54) is 0 Å². The van der Waals surface area contributed by atoms with Crippen LogP contribution >= 0.6 is 16.1 Å². The summed E-state index contributed by atoms with van der Waals surface area (Å²) < 4.78 is 42.6. The molecular weight excluding hydrogens is 470 g/mol. The molecule has 2 N–H and O–H groups in total. The van der Waals surface area contributed by atoms with E-state index in [0.29, 0.717) is 11.7 Å². The van der Waals surface area contributed by atoms with Crippen LogP contribution in [0.3, 0.4) is 0 Å². The highest BCUT2D eigenvalue weighted by atomic mass is 31.2. The third kappa shape index (κ3) is 7.51. The molecule has 0 radical (unpaired) electrons. The molecule has 0 spiro atoms. The summed E-state index contributed by atoms with van der Waals surface area (Å²) in [6.07, 6.45) is 4.45. The Bertz CT molecular complexity index is 871. The SMILES string of the molecule is Cc1c(OC(=O)CCC([P+](=O)OO)[P+](=O)OO)cc2c(c1C)OC(C)(CCCC(C)C)CC2. The largest absolute Gasteiger partial charge is 0.598 e. The van der Waals surface area contributed by atoms with Crippen LogP contribution in [-0.2, 0) is 29.7 Å². The first-order chi connectivity index (χ1) is 15.5. The first kappa shape index (κ1) is 27.8. The third-order valence-electron chi connectivity index (χ3n) is 6.11. The van der Waals surface area contributed by atoms with Gasteiger partial charge in [-0.3, -0.25) is 4.79 Å². The van der Waals surface area contributed by atoms with Gasteiger partial charge in [0.1, 0.15) is 17.1 Å². The molecule has 3 unspecified atom stereocenters. The molecule has 1 heterocycles. The molecule has 1 aliphatic heterocycles. The minimum absolute atomic E-state index is 0.219. The fourth-order valence-corrected chi connectivity index (χ4v) is 5.70. The lowest BCUT2D eigenvalue weighted by Gasteiger charge is -2.37. The smallest absolute Gasteiger partial charge is 0.487 e. The molecule has 0 fully saturated rings. The molecule has 2 rings (SSSR count). The van der Waals surface area contributed by atoms with E-state index in [1.54, 1.807) is 0 Å². The highest BCUT2D eigenvalue weighted by molar-refractivity contribution is 7.58. The van der Waals surface area contributed by atoms with Crippen LogP contribution in [0.4, 0.5) is 0 Å². The van der Waals surface area contributed by atoms with Gasteiger partial charge in [-0.25, -0.2) is 10.5 Å². The summed E-state index contributed by atoms with van der Waals surface area (Å²) in [5.74, 6) is 1.28. The van der Waals surface area contributed by atoms with Crippen molar-refractivity contribution in [3.8, 4) is 11.5 Å². The molecule has 184 valence electrons. The topological polar surface area (TPSA) is 129 Å². The lowest BCUT2D eigenvalue weighted by molar-refractivity contribution is -0.137. The number of carbonyl (C=O) groups is 1. The summed E-state index contributed by atoms with van der Waals surface area (Å²) in [7, 11) is -5.60. The average Bonchev–Trinajstić information content (AvgIpc) is 2.77. The lowest BCUT2D eigenvalue weighted by atomic mass is 9.86. The summed E-state index contributed by atoms with van der Waals surface area (Å²) in [5.41, 5.74) is 2.45. The van der Waals surface area contributed by atoms with Gasteiger partial charge in [-0.15, -0.1) is 0 Å². The van der Waals surface area contributed by atoms with Crippen LogP contribution in [0.25, 0.3) is 0 Å². The molecule has 1 aromatic rings. The van der Waals surface area contributed by atoms with Crippen LogP contribution in [-0.4, -0.2) is 27.5 Å². The van der Waals surface area contributed by atoms with E-state index >= 15 is 0 Å². The summed E-state index contributed by atoms with van der Waals surface area (Å²) in [5, 5.41) is 15.8. The second-order valence-electron chi connectivity index (χ2n) is 9.18. The van der Waals surface area contributed by atoms with Crippen molar-refractivity contribution in [1.29, 1.82) is 0 Å².